The Hall–Kier alpha value is -2.65. The van der Waals surface area contributed by atoms with Crippen LogP contribution in [0.4, 0.5) is 28.0 Å². The second-order valence-corrected chi connectivity index (χ2v) is 4.93. The monoisotopic (exact) mass is 346 g/mol. The number of halogens is 4. The molecular weight excluding hydrogens is 332 g/mol. The number of alkyl halides is 3. The number of rotatable bonds is 4. The van der Waals surface area contributed by atoms with Crippen LogP contribution in [0.1, 0.15) is 37.2 Å². The van der Waals surface area contributed by atoms with E-state index in [0.29, 0.717) is 17.7 Å². The number of nitrogens with zero attached hydrogens (tertiary/aromatic N) is 2. The molecule has 10 heteroatoms. The van der Waals surface area contributed by atoms with Crippen LogP contribution in [-0.4, -0.2) is 16.2 Å². The predicted octanol–water partition coefficient (Wildman–Crippen LogP) is 3.67. The molecule has 130 valence electrons. The van der Waals surface area contributed by atoms with E-state index in [2.05, 4.69) is 25.3 Å². The molecule has 0 radical (unpaired) electrons. The van der Waals surface area contributed by atoms with Gasteiger partial charge in [-0.15, -0.1) is 0 Å². The van der Waals surface area contributed by atoms with E-state index < -0.39 is 24.1 Å². The molecule has 6 nitrogen and oxygen atoms in total. The van der Waals surface area contributed by atoms with E-state index in [9.17, 15) is 22.4 Å². The molecule has 0 saturated heterocycles. The minimum absolute atomic E-state index is 0.347. The average molecular weight is 346 g/mol. The molecule has 1 aromatic carbocycles. The van der Waals surface area contributed by atoms with Crippen molar-refractivity contribution >= 4 is 11.7 Å². The smallest absolute Gasteiger partial charge is 0.337 e. The molecule has 24 heavy (non-hydrogen) atoms. The lowest BCUT2D eigenvalue weighted by atomic mass is 10.1. The van der Waals surface area contributed by atoms with Gasteiger partial charge < -0.3 is 15.2 Å². The summed E-state index contributed by atoms with van der Waals surface area (Å²) in [6, 6.07) is 2.40. The molecule has 0 unspecified atom stereocenters. The second-order valence-electron chi connectivity index (χ2n) is 4.93. The second kappa shape index (κ2) is 6.85. The Bertz CT molecular complexity index is 730. The minimum atomic E-state index is -4.73. The maximum Gasteiger partial charge on any atom is 0.455 e. The van der Waals surface area contributed by atoms with Gasteiger partial charge in [0.2, 0.25) is 5.89 Å². The fraction of sp³-hybridized carbons (Fsp3) is 0.357. The summed E-state index contributed by atoms with van der Waals surface area (Å²) in [4.78, 5) is 15.0. The first-order valence-electron chi connectivity index (χ1n) is 6.97. The average Bonchev–Trinajstić information content (AvgIpc) is 2.99. The van der Waals surface area contributed by atoms with Crippen LogP contribution in [0.3, 0.4) is 0 Å². The van der Waals surface area contributed by atoms with Crippen LogP contribution in [0.2, 0.25) is 0 Å². The zero-order valence-electron chi connectivity index (χ0n) is 12.7. The molecule has 0 aliphatic heterocycles. The summed E-state index contributed by atoms with van der Waals surface area (Å²) in [6.07, 6.45) is -4.28. The minimum Gasteiger partial charge on any atom is -0.337 e. The van der Waals surface area contributed by atoms with Crippen LogP contribution in [0.25, 0.3) is 0 Å². The molecule has 0 aliphatic rings. The van der Waals surface area contributed by atoms with Gasteiger partial charge >= 0.3 is 12.2 Å². The van der Waals surface area contributed by atoms with E-state index in [0.717, 1.165) is 0 Å². The highest BCUT2D eigenvalue weighted by Gasteiger charge is 2.37. The van der Waals surface area contributed by atoms with Crippen molar-refractivity contribution in [1.29, 1.82) is 0 Å². The molecule has 2 amide bonds. The third kappa shape index (κ3) is 4.21. The maximum absolute atomic E-state index is 13.4. The van der Waals surface area contributed by atoms with Crippen LogP contribution >= 0.6 is 0 Å². The van der Waals surface area contributed by atoms with Crippen molar-refractivity contribution < 1.29 is 26.9 Å². The SMILES string of the molecule is CCc1cc(NC(=O)N[C@@H](C)c2nc(C(F)(F)F)no2)ccc1F. The van der Waals surface area contributed by atoms with E-state index in [4.69, 9.17) is 0 Å². The Morgan fingerprint density at radius 3 is 2.67 bits per heavy atom. The molecule has 0 bridgehead atoms. The number of amides is 2. The number of benzene rings is 1. The number of urea groups is 1. The topological polar surface area (TPSA) is 80.0 Å². The summed E-state index contributed by atoms with van der Waals surface area (Å²) in [5.41, 5.74) is 0.770. The number of carbonyl (C=O) groups excluding carboxylic acids is 1. The van der Waals surface area contributed by atoms with E-state index >= 15 is 0 Å². The first kappa shape index (κ1) is 17.7. The Labute approximate surface area is 134 Å². The summed E-state index contributed by atoms with van der Waals surface area (Å²) >= 11 is 0. The predicted molar refractivity (Wildman–Crippen MR) is 75.6 cm³/mol. The fourth-order valence-electron chi connectivity index (χ4n) is 1.88. The normalized spacial score (nSPS) is 12.8. The number of anilines is 1. The molecular formula is C14H14F4N4O2. The molecule has 2 rings (SSSR count). The van der Waals surface area contributed by atoms with Crippen molar-refractivity contribution in [3.63, 3.8) is 0 Å². The van der Waals surface area contributed by atoms with Gasteiger partial charge in [0.25, 0.3) is 5.82 Å². The number of nitrogens with one attached hydrogen (secondary N) is 2. The van der Waals surface area contributed by atoms with Gasteiger partial charge in [0.1, 0.15) is 11.9 Å². The molecule has 2 N–H and O–H groups in total. The Kier molecular flexibility index (Phi) is 5.05. The van der Waals surface area contributed by atoms with Crippen LogP contribution < -0.4 is 10.6 Å². The first-order chi connectivity index (χ1) is 11.2. The highest BCUT2D eigenvalue weighted by molar-refractivity contribution is 5.89. The van der Waals surface area contributed by atoms with Crippen molar-refractivity contribution in [2.45, 2.75) is 32.5 Å². The maximum atomic E-state index is 13.4. The Balaban J connectivity index is 2.00. The summed E-state index contributed by atoms with van der Waals surface area (Å²) in [5, 5.41) is 7.61. The highest BCUT2D eigenvalue weighted by Crippen LogP contribution is 2.27. The first-order valence-corrected chi connectivity index (χ1v) is 6.97. The third-order valence-corrected chi connectivity index (χ3v) is 3.10. The lowest BCUT2D eigenvalue weighted by molar-refractivity contribution is -0.146. The Morgan fingerprint density at radius 2 is 2.08 bits per heavy atom. The van der Waals surface area contributed by atoms with Gasteiger partial charge in [-0.05, 0) is 37.1 Å². The fourth-order valence-corrected chi connectivity index (χ4v) is 1.88. The number of aryl methyl sites for hydroxylation is 1. The van der Waals surface area contributed by atoms with Gasteiger partial charge in [0.05, 0.1) is 0 Å². The van der Waals surface area contributed by atoms with Crippen molar-refractivity contribution in [3.05, 3.63) is 41.3 Å². The summed E-state index contributed by atoms with van der Waals surface area (Å²) < 4.78 is 55.1. The number of carbonyl (C=O) groups is 1. The quantitative estimate of drug-likeness (QED) is 0.828. The molecule has 0 fully saturated rings. The Morgan fingerprint density at radius 1 is 1.38 bits per heavy atom. The zero-order chi connectivity index (χ0) is 17.9. The van der Waals surface area contributed by atoms with Crippen LogP contribution in [-0.2, 0) is 12.6 Å². The molecule has 1 atom stereocenters. The van der Waals surface area contributed by atoms with E-state index in [1.807, 2.05) is 0 Å². The van der Waals surface area contributed by atoms with E-state index in [1.54, 1.807) is 6.92 Å². The molecule has 2 aromatic rings. The third-order valence-electron chi connectivity index (χ3n) is 3.10. The molecule has 1 aromatic heterocycles. The lowest BCUT2D eigenvalue weighted by Gasteiger charge is -2.12. The summed E-state index contributed by atoms with van der Waals surface area (Å²) in [7, 11) is 0. The van der Waals surface area contributed by atoms with Crippen molar-refractivity contribution in [3.8, 4) is 0 Å². The molecule has 0 aliphatic carbocycles. The van der Waals surface area contributed by atoms with Crippen LogP contribution in [0.5, 0.6) is 0 Å². The molecule has 1 heterocycles. The largest absolute Gasteiger partial charge is 0.455 e. The van der Waals surface area contributed by atoms with E-state index in [1.165, 1.54) is 25.1 Å². The number of aromatic nitrogens is 2. The van der Waals surface area contributed by atoms with E-state index in [-0.39, 0.29) is 11.7 Å². The van der Waals surface area contributed by atoms with Gasteiger partial charge in [-0.3, -0.25) is 0 Å². The molecule has 0 saturated carbocycles. The summed E-state index contributed by atoms with van der Waals surface area (Å²) in [6.45, 7) is 3.15. The lowest BCUT2D eigenvalue weighted by Crippen LogP contribution is -2.31. The highest BCUT2D eigenvalue weighted by atomic mass is 19.4. The van der Waals surface area contributed by atoms with Crippen molar-refractivity contribution in [1.82, 2.24) is 15.5 Å². The zero-order valence-corrected chi connectivity index (χ0v) is 12.7. The van der Waals surface area contributed by atoms with Gasteiger partial charge in [-0.1, -0.05) is 12.1 Å². The number of hydrogen-bond acceptors (Lipinski definition) is 4. The van der Waals surface area contributed by atoms with Gasteiger partial charge in [0.15, 0.2) is 0 Å². The van der Waals surface area contributed by atoms with Crippen LogP contribution in [0, 0.1) is 5.82 Å². The van der Waals surface area contributed by atoms with Gasteiger partial charge in [0, 0.05) is 5.69 Å². The standard InChI is InChI=1S/C14H14F4N4O2/c1-3-8-6-9(4-5-10(8)15)20-13(23)19-7(2)11-21-12(22-24-11)14(16,17)18/h4-7H,3H2,1-2H3,(H2,19,20,23)/t7-/m0/s1. The van der Waals surface area contributed by atoms with Gasteiger partial charge in [-0.2, -0.15) is 18.2 Å². The summed E-state index contributed by atoms with van der Waals surface area (Å²) in [5.74, 6) is -2.19. The van der Waals surface area contributed by atoms with Crippen molar-refractivity contribution in [2.75, 3.05) is 5.32 Å². The van der Waals surface area contributed by atoms with Gasteiger partial charge in [-0.25, -0.2) is 9.18 Å². The van der Waals surface area contributed by atoms with Crippen LogP contribution in [0.15, 0.2) is 22.7 Å². The molecule has 0 spiro atoms. The van der Waals surface area contributed by atoms with Crippen molar-refractivity contribution in [2.24, 2.45) is 0 Å². The number of hydrogen-bond donors (Lipinski definition) is 2.